The summed E-state index contributed by atoms with van der Waals surface area (Å²) in [6.07, 6.45) is 0. The Balaban J connectivity index is 2.01. The van der Waals surface area contributed by atoms with E-state index < -0.39 is 11.8 Å². The van der Waals surface area contributed by atoms with E-state index in [9.17, 15) is 9.59 Å². The number of carbonyl (C=O) groups excluding carboxylic acids is 2. The van der Waals surface area contributed by atoms with Crippen LogP contribution >= 0.6 is 0 Å². The smallest absolute Gasteiger partial charge is 0.313 e. The van der Waals surface area contributed by atoms with Crippen LogP contribution in [0.2, 0.25) is 0 Å². The Morgan fingerprint density at radius 1 is 1.11 bits per heavy atom. The summed E-state index contributed by atoms with van der Waals surface area (Å²) in [7, 11) is 0. The molecule has 5 nitrogen and oxygen atoms in total. The van der Waals surface area contributed by atoms with Gasteiger partial charge < -0.3 is 15.0 Å². The maximum Gasteiger partial charge on any atom is 0.313 e. The molecule has 0 saturated carbocycles. The fourth-order valence-electron chi connectivity index (χ4n) is 2.14. The summed E-state index contributed by atoms with van der Waals surface area (Å²) in [5.74, 6) is -1.09. The summed E-state index contributed by atoms with van der Waals surface area (Å²) in [5.41, 5.74) is 2.76. The first-order valence-electron chi connectivity index (χ1n) is 6.32. The zero-order valence-corrected chi connectivity index (χ0v) is 11.2. The van der Waals surface area contributed by atoms with E-state index in [0.29, 0.717) is 32.0 Å². The number of benzene rings is 1. The number of carbonyl (C=O) groups is 2. The Bertz CT molecular complexity index is 473. The van der Waals surface area contributed by atoms with Gasteiger partial charge in [0.15, 0.2) is 0 Å². The molecule has 0 spiro atoms. The second kappa shape index (κ2) is 5.84. The van der Waals surface area contributed by atoms with Crippen molar-refractivity contribution in [3.63, 3.8) is 0 Å². The van der Waals surface area contributed by atoms with Crippen LogP contribution < -0.4 is 5.32 Å². The van der Waals surface area contributed by atoms with Crippen LogP contribution in [0, 0.1) is 13.8 Å². The molecule has 0 radical (unpaired) electrons. The van der Waals surface area contributed by atoms with E-state index in [2.05, 4.69) is 5.32 Å². The molecule has 1 saturated heterocycles. The van der Waals surface area contributed by atoms with Crippen LogP contribution in [0.5, 0.6) is 0 Å². The largest absolute Gasteiger partial charge is 0.378 e. The number of hydrogen-bond acceptors (Lipinski definition) is 3. The van der Waals surface area contributed by atoms with Gasteiger partial charge in [0, 0.05) is 18.8 Å². The minimum Gasteiger partial charge on any atom is -0.378 e. The van der Waals surface area contributed by atoms with Crippen LogP contribution in [-0.2, 0) is 14.3 Å². The van der Waals surface area contributed by atoms with E-state index in [4.69, 9.17) is 4.74 Å². The minimum atomic E-state index is -0.591. The highest BCUT2D eigenvalue weighted by Gasteiger charge is 2.23. The first kappa shape index (κ1) is 13.5. The lowest BCUT2D eigenvalue weighted by Gasteiger charge is -2.26. The summed E-state index contributed by atoms with van der Waals surface area (Å²) in [5, 5.41) is 2.65. The van der Waals surface area contributed by atoms with Crippen LogP contribution in [-0.4, -0.2) is 43.0 Å². The Morgan fingerprint density at radius 2 is 1.68 bits per heavy atom. The number of aryl methyl sites for hydroxylation is 2. The molecule has 0 bridgehead atoms. The van der Waals surface area contributed by atoms with Crippen molar-refractivity contribution in [3.8, 4) is 0 Å². The molecule has 0 unspecified atom stereocenters. The van der Waals surface area contributed by atoms with Gasteiger partial charge >= 0.3 is 11.8 Å². The average Bonchev–Trinajstić information content (AvgIpc) is 2.37. The van der Waals surface area contributed by atoms with Gasteiger partial charge in [-0.25, -0.2) is 0 Å². The van der Waals surface area contributed by atoms with E-state index in [1.807, 2.05) is 32.0 Å². The van der Waals surface area contributed by atoms with Gasteiger partial charge in [-0.3, -0.25) is 9.59 Å². The molecule has 19 heavy (non-hydrogen) atoms. The maximum atomic E-state index is 11.9. The lowest BCUT2D eigenvalue weighted by molar-refractivity contribution is -0.145. The normalized spacial score (nSPS) is 15.2. The standard InChI is InChI=1S/C14H18N2O3/c1-10-7-11(2)9-12(8-10)15-13(17)14(18)16-3-5-19-6-4-16/h7-9H,3-6H2,1-2H3,(H,15,17). The minimum absolute atomic E-state index is 0.471. The summed E-state index contributed by atoms with van der Waals surface area (Å²) in [4.78, 5) is 25.3. The fourth-order valence-corrected chi connectivity index (χ4v) is 2.14. The number of ether oxygens (including phenoxy) is 1. The highest BCUT2D eigenvalue weighted by Crippen LogP contribution is 2.14. The molecule has 0 atom stereocenters. The highest BCUT2D eigenvalue weighted by atomic mass is 16.5. The zero-order valence-electron chi connectivity index (χ0n) is 11.2. The maximum absolute atomic E-state index is 11.9. The quantitative estimate of drug-likeness (QED) is 0.771. The molecule has 5 heteroatoms. The first-order chi connectivity index (χ1) is 9.06. The molecule has 2 amide bonds. The van der Waals surface area contributed by atoms with E-state index in [1.165, 1.54) is 4.90 Å². The van der Waals surface area contributed by atoms with Crippen LogP contribution in [0.3, 0.4) is 0 Å². The lowest BCUT2D eigenvalue weighted by atomic mass is 10.1. The SMILES string of the molecule is Cc1cc(C)cc(NC(=O)C(=O)N2CCOCC2)c1. The Labute approximate surface area is 112 Å². The van der Waals surface area contributed by atoms with Crippen molar-refractivity contribution in [2.24, 2.45) is 0 Å². The first-order valence-corrected chi connectivity index (χ1v) is 6.32. The van der Waals surface area contributed by atoms with E-state index in [1.54, 1.807) is 0 Å². The highest BCUT2D eigenvalue weighted by molar-refractivity contribution is 6.39. The molecule has 1 aromatic carbocycles. The average molecular weight is 262 g/mol. The molecule has 1 aliphatic rings. The van der Waals surface area contributed by atoms with Crippen LogP contribution in [0.25, 0.3) is 0 Å². The van der Waals surface area contributed by atoms with Gasteiger partial charge in [-0.2, -0.15) is 0 Å². The summed E-state index contributed by atoms with van der Waals surface area (Å²) in [6.45, 7) is 5.82. The van der Waals surface area contributed by atoms with E-state index >= 15 is 0 Å². The monoisotopic (exact) mass is 262 g/mol. The predicted octanol–water partition coefficient (Wildman–Crippen LogP) is 1.10. The number of anilines is 1. The molecular weight excluding hydrogens is 244 g/mol. The van der Waals surface area contributed by atoms with Gasteiger partial charge in [0.05, 0.1) is 13.2 Å². The van der Waals surface area contributed by atoms with Crippen LogP contribution in [0.1, 0.15) is 11.1 Å². The second-order valence-corrected chi connectivity index (χ2v) is 4.74. The topological polar surface area (TPSA) is 58.6 Å². The molecule has 1 N–H and O–H groups in total. The van der Waals surface area contributed by atoms with Crippen LogP contribution in [0.4, 0.5) is 5.69 Å². The molecule has 1 aromatic rings. The predicted molar refractivity (Wildman–Crippen MR) is 71.9 cm³/mol. The third-order valence-electron chi connectivity index (χ3n) is 2.97. The van der Waals surface area contributed by atoms with Crippen molar-refractivity contribution >= 4 is 17.5 Å². The van der Waals surface area contributed by atoms with Gasteiger partial charge in [-0.1, -0.05) is 6.07 Å². The number of rotatable bonds is 1. The van der Waals surface area contributed by atoms with Gasteiger partial charge in [-0.05, 0) is 37.1 Å². The van der Waals surface area contributed by atoms with E-state index in [-0.39, 0.29) is 0 Å². The van der Waals surface area contributed by atoms with Crippen molar-refractivity contribution in [2.45, 2.75) is 13.8 Å². The van der Waals surface area contributed by atoms with Crippen molar-refractivity contribution in [1.82, 2.24) is 4.90 Å². The third kappa shape index (κ3) is 3.54. The second-order valence-electron chi connectivity index (χ2n) is 4.74. The Morgan fingerprint density at radius 3 is 2.26 bits per heavy atom. The molecule has 1 heterocycles. The molecule has 1 aliphatic heterocycles. The van der Waals surface area contributed by atoms with Gasteiger partial charge in [0.1, 0.15) is 0 Å². The fraction of sp³-hybridized carbons (Fsp3) is 0.429. The van der Waals surface area contributed by atoms with Gasteiger partial charge in [0.25, 0.3) is 0 Å². The van der Waals surface area contributed by atoms with Crippen molar-refractivity contribution in [1.29, 1.82) is 0 Å². The van der Waals surface area contributed by atoms with Crippen molar-refractivity contribution in [3.05, 3.63) is 29.3 Å². The van der Waals surface area contributed by atoms with Gasteiger partial charge in [-0.15, -0.1) is 0 Å². The summed E-state index contributed by atoms with van der Waals surface area (Å²) in [6, 6.07) is 5.70. The van der Waals surface area contributed by atoms with Crippen LogP contribution in [0.15, 0.2) is 18.2 Å². The zero-order chi connectivity index (χ0) is 13.8. The summed E-state index contributed by atoms with van der Waals surface area (Å²) >= 11 is 0. The van der Waals surface area contributed by atoms with E-state index in [0.717, 1.165) is 11.1 Å². The number of hydrogen-bond donors (Lipinski definition) is 1. The summed E-state index contributed by atoms with van der Waals surface area (Å²) < 4.78 is 5.15. The van der Waals surface area contributed by atoms with Crippen molar-refractivity contribution < 1.29 is 14.3 Å². The lowest BCUT2D eigenvalue weighted by Crippen LogP contribution is -2.45. The number of amides is 2. The molecule has 2 rings (SSSR count). The Kier molecular flexibility index (Phi) is 4.16. The Hall–Kier alpha value is -1.88. The molecule has 102 valence electrons. The number of nitrogens with zero attached hydrogens (tertiary/aromatic N) is 1. The van der Waals surface area contributed by atoms with Gasteiger partial charge in [0.2, 0.25) is 0 Å². The third-order valence-corrected chi connectivity index (χ3v) is 2.97. The molecule has 1 fully saturated rings. The molecule has 0 aromatic heterocycles. The molecule has 0 aliphatic carbocycles. The number of morpholine rings is 1. The molecular formula is C14H18N2O3. The van der Waals surface area contributed by atoms with Crippen molar-refractivity contribution in [2.75, 3.05) is 31.6 Å². The number of nitrogens with one attached hydrogen (secondary N) is 1.